The Morgan fingerprint density at radius 2 is 2.10 bits per heavy atom. The van der Waals surface area contributed by atoms with Crippen molar-refractivity contribution in [3.8, 4) is 11.6 Å². The third-order valence-corrected chi connectivity index (χ3v) is 2.82. The highest BCUT2D eigenvalue weighted by Gasteiger charge is 2.10. The molecule has 20 heavy (non-hydrogen) atoms. The van der Waals surface area contributed by atoms with Crippen molar-refractivity contribution in [1.82, 2.24) is 4.98 Å². The average Bonchev–Trinajstić information content (AvgIpc) is 2.38. The fourth-order valence-corrected chi connectivity index (χ4v) is 1.92. The highest BCUT2D eigenvalue weighted by atomic mass is 16.5. The Balaban J connectivity index is 2.32. The highest BCUT2D eigenvalue weighted by Crippen LogP contribution is 2.22. The van der Waals surface area contributed by atoms with Gasteiger partial charge in [0, 0.05) is 11.8 Å². The standard InChI is InChI=1S/C16H17NO3/c1-3-5-13-9-12(16(18)19)10-15(17-13)20-14-7-4-6-11(2)8-14/h4,6-10H,3,5H2,1-2H3,(H,18,19). The van der Waals surface area contributed by atoms with Crippen LogP contribution in [0.1, 0.15) is 35.0 Å². The van der Waals surface area contributed by atoms with E-state index in [2.05, 4.69) is 4.98 Å². The smallest absolute Gasteiger partial charge is 0.335 e. The van der Waals surface area contributed by atoms with Crippen LogP contribution in [0.2, 0.25) is 0 Å². The van der Waals surface area contributed by atoms with Crippen molar-refractivity contribution in [3.05, 3.63) is 53.2 Å². The molecule has 0 atom stereocenters. The summed E-state index contributed by atoms with van der Waals surface area (Å²) in [5.74, 6) is 0.000262. The highest BCUT2D eigenvalue weighted by molar-refractivity contribution is 5.88. The van der Waals surface area contributed by atoms with E-state index >= 15 is 0 Å². The molecule has 0 amide bonds. The summed E-state index contributed by atoms with van der Waals surface area (Å²) in [7, 11) is 0. The van der Waals surface area contributed by atoms with E-state index in [0.29, 0.717) is 11.6 Å². The predicted octanol–water partition coefficient (Wildman–Crippen LogP) is 3.83. The Kier molecular flexibility index (Phi) is 4.35. The van der Waals surface area contributed by atoms with Gasteiger partial charge in [0.15, 0.2) is 0 Å². The number of benzene rings is 1. The quantitative estimate of drug-likeness (QED) is 0.897. The minimum absolute atomic E-state index is 0.200. The number of nitrogens with zero attached hydrogens (tertiary/aromatic N) is 1. The van der Waals surface area contributed by atoms with Crippen LogP contribution in [-0.2, 0) is 6.42 Å². The number of aromatic carboxylic acids is 1. The molecule has 0 fully saturated rings. The van der Waals surface area contributed by atoms with Crippen LogP contribution in [0.15, 0.2) is 36.4 Å². The first kappa shape index (κ1) is 14.1. The zero-order valence-corrected chi connectivity index (χ0v) is 11.6. The lowest BCUT2D eigenvalue weighted by Gasteiger charge is -2.08. The number of hydrogen-bond donors (Lipinski definition) is 1. The molecule has 0 aliphatic carbocycles. The number of carboxylic acid groups (broad SMARTS) is 1. The number of pyridine rings is 1. The van der Waals surface area contributed by atoms with Crippen LogP contribution in [0.25, 0.3) is 0 Å². The van der Waals surface area contributed by atoms with Crippen LogP contribution in [0, 0.1) is 6.92 Å². The Labute approximate surface area is 118 Å². The van der Waals surface area contributed by atoms with Gasteiger partial charge >= 0.3 is 5.97 Å². The maximum absolute atomic E-state index is 11.1. The molecule has 1 aromatic carbocycles. The molecule has 1 N–H and O–H groups in total. The number of rotatable bonds is 5. The van der Waals surface area contributed by atoms with E-state index in [4.69, 9.17) is 9.84 Å². The second-order valence-corrected chi connectivity index (χ2v) is 4.66. The second-order valence-electron chi connectivity index (χ2n) is 4.66. The number of aryl methyl sites for hydroxylation is 2. The molecule has 4 heteroatoms. The van der Waals surface area contributed by atoms with Crippen LogP contribution >= 0.6 is 0 Å². The lowest BCUT2D eigenvalue weighted by molar-refractivity contribution is 0.0696. The van der Waals surface area contributed by atoms with Gasteiger partial charge in [-0.05, 0) is 37.1 Å². The molecular formula is C16H17NO3. The molecule has 0 bridgehead atoms. The van der Waals surface area contributed by atoms with Gasteiger partial charge in [0.1, 0.15) is 5.75 Å². The Bertz CT molecular complexity index is 623. The van der Waals surface area contributed by atoms with E-state index in [9.17, 15) is 4.79 Å². The number of ether oxygens (including phenoxy) is 1. The summed E-state index contributed by atoms with van der Waals surface area (Å²) in [5.41, 5.74) is 2.01. The Morgan fingerprint density at radius 1 is 1.30 bits per heavy atom. The Morgan fingerprint density at radius 3 is 2.75 bits per heavy atom. The molecule has 0 aliphatic rings. The van der Waals surface area contributed by atoms with E-state index in [1.165, 1.54) is 6.07 Å². The van der Waals surface area contributed by atoms with E-state index in [1.54, 1.807) is 6.07 Å². The third-order valence-electron chi connectivity index (χ3n) is 2.82. The maximum Gasteiger partial charge on any atom is 0.335 e. The normalized spacial score (nSPS) is 10.3. The van der Waals surface area contributed by atoms with Crippen LogP contribution < -0.4 is 4.74 Å². The molecule has 1 aromatic heterocycles. The zero-order valence-electron chi connectivity index (χ0n) is 11.6. The first-order valence-electron chi connectivity index (χ1n) is 6.57. The summed E-state index contributed by atoms with van der Waals surface area (Å²) in [5, 5.41) is 9.13. The molecule has 2 aromatic rings. The fourth-order valence-electron chi connectivity index (χ4n) is 1.92. The van der Waals surface area contributed by atoms with Crippen molar-refractivity contribution in [3.63, 3.8) is 0 Å². The molecule has 104 valence electrons. The predicted molar refractivity (Wildman–Crippen MR) is 76.4 cm³/mol. The van der Waals surface area contributed by atoms with Gasteiger partial charge in [0.25, 0.3) is 0 Å². The first-order valence-corrected chi connectivity index (χ1v) is 6.57. The summed E-state index contributed by atoms with van der Waals surface area (Å²) in [4.78, 5) is 15.5. The van der Waals surface area contributed by atoms with Crippen LogP contribution in [0.4, 0.5) is 0 Å². The Hall–Kier alpha value is -2.36. The summed E-state index contributed by atoms with van der Waals surface area (Å²) >= 11 is 0. The summed E-state index contributed by atoms with van der Waals surface area (Å²) in [6.45, 7) is 3.99. The zero-order chi connectivity index (χ0) is 14.5. The van der Waals surface area contributed by atoms with Crippen LogP contribution in [0.5, 0.6) is 11.6 Å². The van der Waals surface area contributed by atoms with Gasteiger partial charge in [-0.25, -0.2) is 9.78 Å². The van der Waals surface area contributed by atoms with E-state index in [1.807, 2.05) is 38.1 Å². The number of aromatic nitrogens is 1. The summed E-state index contributed by atoms with van der Waals surface area (Å²) < 4.78 is 5.66. The molecule has 0 radical (unpaired) electrons. The van der Waals surface area contributed by atoms with Crippen LogP contribution in [-0.4, -0.2) is 16.1 Å². The third kappa shape index (κ3) is 3.57. The summed E-state index contributed by atoms with van der Waals surface area (Å²) in [6.07, 6.45) is 1.63. The van der Waals surface area contributed by atoms with Crippen molar-refractivity contribution in [2.45, 2.75) is 26.7 Å². The number of carbonyl (C=O) groups is 1. The van der Waals surface area contributed by atoms with Gasteiger partial charge < -0.3 is 9.84 Å². The topological polar surface area (TPSA) is 59.4 Å². The number of hydrogen-bond acceptors (Lipinski definition) is 3. The largest absolute Gasteiger partial charge is 0.478 e. The van der Waals surface area contributed by atoms with Gasteiger partial charge in [-0.1, -0.05) is 25.5 Å². The number of carboxylic acids is 1. The summed E-state index contributed by atoms with van der Waals surface area (Å²) in [6, 6.07) is 10.6. The molecule has 2 rings (SSSR count). The van der Waals surface area contributed by atoms with E-state index in [-0.39, 0.29) is 5.56 Å². The lowest BCUT2D eigenvalue weighted by Crippen LogP contribution is -2.02. The van der Waals surface area contributed by atoms with Gasteiger partial charge in [0.05, 0.1) is 5.56 Å². The van der Waals surface area contributed by atoms with Crippen molar-refractivity contribution >= 4 is 5.97 Å². The van der Waals surface area contributed by atoms with Crippen LogP contribution in [0.3, 0.4) is 0 Å². The van der Waals surface area contributed by atoms with E-state index < -0.39 is 5.97 Å². The average molecular weight is 271 g/mol. The lowest BCUT2D eigenvalue weighted by atomic mass is 10.1. The second kappa shape index (κ2) is 6.19. The molecule has 0 spiro atoms. The molecular weight excluding hydrogens is 254 g/mol. The van der Waals surface area contributed by atoms with Crippen molar-refractivity contribution in [2.24, 2.45) is 0 Å². The maximum atomic E-state index is 11.1. The molecule has 0 aliphatic heterocycles. The first-order chi connectivity index (χ1) is 9.58. The molecule has 1 heterocycles. The van der Waals surface area contributed by atoms with Gasteiger partial charge in [-0.15, -0.1) is 0 Å². The molecule has 0 unspecified atom stereocenters. The fraction of sp³-hybridized carbons (Fsp3) is 0.250. The van der Waals surface area contributed by atoms with Gasteiger partial charge in [-0.2, -0.15) is 0 Å². The minimum atomic E-state index is -0.973. The SMILES string of the molecule is CCCc1cc(C(=O)O)cc(Oc2cccc(C)c2)n1. The molecule has 0 saturated heterocycles. The molecule has 0 saturated carbocycles. The molecule has 4 nitrogen and oxygen atoms in total. The van der Waals surface area contributed by atoms with Crippen molar-refractivity contribution in [1.29, 1.82) is 0 Å². The monoisotopic (exact) mass is 271 g/mol. The van der Waals surface area contributed by atoms with Gasteiger partial charge in [-0.3, -0.25) is 0 Å². The minimum Gasteiger partial charge on any atom is -0.478 e. The van der Waals surface area contributed by atoms with Crippen molar-refractivity contribution in [2.75, 3.05) is 0 Å². The van der Waals surface area contributed by atoms with E-state index in [0.717, 1.165) is 24.1 Å². The van der Waals surface area contributed by atoms with Crippen molar-refractivity contribution < 1.29 is 14.6 Å². The van der Waals surface area contributed by atoms with Gasteiger partial charge in [0.2, 0.25) is 5.88 Å².